The van der Waals surface area contributed by atoms with Crippen molar-refractivity contribution in [3.05, 3.63) is 29.6 Å². The molecule has 0 bridgehead atoms. The molecule has 2 rings (SSSR count). The summed E-state index contributed by atoms with van der Waals surface area (Å²) < 4.78 is 0. The number of aromatic nitrogens is 1. The largest absolute Gasteiger partial charge is 0.311 e. The van der Waals surface area contributed by atoms with Gasteiger partial charge in [-0.2, -0.15) is 0 Å². The molecule has 1 aromatic heterocycles. The van der Waals surface area contributed by atoms with Crippen LogP contribution in [0.15, 0.2) is 18.2 Å². The van der Waals surface area contributed by atoms with Gasteiger partial charge in [0.1, 0.15) is 0 Å². The van der Waals surface area contributed by atoms with Gasteiger partial charge in [0.2, 0.25) is 0 Å². The first-order chi connectivity index (χ1) is 9.63. The molecule has 0 atom stereocenters. The zero-order valence-electron chi connectivity index (χ0n) is 13.1. The third kappa shape index (κ3) is 5.19. The Hall–Kier alpha value is -0.970. The fourth-order valence-electron chi connectivity index (χ4n) is 2.44. The molecule has 0 saturated carbocycles. The van der Waals surface area contributed by atoms with Gasteiger partial charge in [-0.25, -0.2) is 0 Å². The number of nitrogens with zero attached hydrogens (tertiary/aromatic N) is 3. The molecule has 0 amide bonds. The molecule has 4 nitrogen and oxygen atoms in total. The molecule has 0 radical (unpaired) electrons. The third-order valence-corrected chi connectivity index (χ3v) is 3.70. The number of hydrogen-bond donors (Lipinski definition) is 1. The van der Waals surface area contributed by atoms with E-state index in [0.29, 0.717) is 5.92 Å². The van der Waals surface area contributed by atoms with Crippen molar-refractivity contribution in [3.8, 4) is 0 Å². The van der Waals surface area contributed by atoms with E-state index in [9.17, 15) is 0 Å². The molecule has 1 saturated heterocycles. The Kier molecular flexibility index (Phi) is 5.95. The second-order valence-corrected chi connectivity index (χ2v) is 6.22. The maximum atomic E-state index is 4.76. The maximum absolute atomic E-state index is 4.76. The lowest BCUT2D eigenvalue weighted by Crippen LogP contribution is -2.44. The van der Waals surface area contributed by atoms with E-state index in [1.54, 1.807) is 0 Å². The van der Waals surface area contributed by atoms with Crippen molar-refractivity contribution in [2.24, 2.45) is 5.92 Å². The summed E-state index contributed by atoms with van der Waals surface area (Å²) in [5, 5.41) is 3.45. The Bertz CT molecular complexity index is 397. The number of piperazine rings is 1. The highest BCUT2D eigenvalue weighted by Crippen LogP contribution is 2.07. The molecule has 4 heteroatoms. The van der Waals surface area contributed by atoms with Gasteiger partial charge in [0.15, 0.2) is 0 Å². The van der Waals surface area contributed by atoms with Gasteiger partial charge < -0.3 is 10.2 Å². The van der Waals surface area contributed by atoms with Crippen LogP contribution in [-0.4, -0.2) is 54.6 Å². The summed E-state index contributed by atoms with van der Waals surface area (Å²) >= 11 is 0. The van der Waals surface area contributed by atoms with Crippen LogP contribution in [0.2, 0.25) is 0 Å². The van der Waals surface area contributed by atoms with Gasteiger partial charge in [0.25, 0.3) is 0 Å². The smallest absolute Gasteiger partial charge is 0.0547 e. The normalized spacial score (nSPS) is 17.8. The highest BCUT2D eigenvalue weighted by atomic mass is 15.2. The van der Waals surface area contributed by atoms with Crippen LogP contribution in [0.1, 0.15) is 25.2 Å². The van der Waals surface area contributed by atoms with Gasteiger partial charge in [-0.1, -0.05) is 19.9 Å². The van der Waals surface area contributed by atoms with Crippen LogP contribution >= 0.6 is 0 Å². The Labute approximate surface area is 123 Å². The minimum Gasteiger partial charge on any atom is -0.311 e. The summed E-state index contributed by atoms with van der Waals surface area (Å²) in [6.45, 7) is 12.0. The van der Waals surface area contributed by atoms with Gasteiger partial charge in [-0.3, -0.25) is 9.88 Å². The Morgan fingerprint density at radius 1 is 1.15 bits per heavy atom. The fourth-order valence-corrected chi connectivity index (χ4v) is 2.44. The molecule has 1 aliphatic heterocycles. The predicted molar refractivity (Wildman–Crippen MR) is 83.6 cm³/mol. The third-order valence-electron chi connectivity index (χ3n) is 3.70. The number of nitrogens with one attached hydrogen (secondary N) is 1. The highest BCUT2D eigenvalue weighted by molar-refractivity contribution is 5.11. The van der Waals surface area contributed by atoms with Gasteiger partial charge >= 0.3 is 0 Å². The summed E-state index contributed by atoms with van der Waals surface area (Å²) in [6, 6.07) is 6.38. The van der Waals surface area contributed by atoms with Crippen molar-refractivity contribution in [1.29, 1.82) is 0 Å². The second kappa shape index (κ2) is 7.72. The van der Waals surface area contributed by atoms with Crippen LogP contribution in [0.4, 0.5) is 0 Å². The molecule has 0 unspecified atom stereocenters. The van der Waals surface area contributed by atoms with E-state index in [4.69, 9.17) is 4.98 Å². The topological polar surface area (TPSA) is 31.4 Å². The van der Waals surface area contributed by atoms with Gasteiger partial charge in [-0.15, -0.1) is 0 Å². The lowest BCUT2D eigenvalue weighted by molar-refractivity contribution is 0.147. The van der Waals surface area contributed by atoms with E-state index in [1.165, 1.54) is 5.69 Å². The lowest BCUT2D eigenvalue weighted by atomic mass is 10.2. The average Bonchev–Trinajstić information content (AvgIpc) is 2.41. The highest BCUT2D eigenvalue weighted by Gasteiger charge is 2.14. The fraction of sp³-hybridized carbons (Fsp3) is 0.688. The minimum atomic E-state index is 0.684. The van der Waals surface area contributed by atoms with Crippen molar-refractivity contribution in [2.45, 2.75) is 26.9 Å². The summed E-state index contributed by atoms with van der Waals surface area (Å²) in [5.41, 5.74) is 2.34. The molecule has 1 N–H and O–H groups in total. The van der Waals surface area contributed by atoms with Gasteiger partial charge in [-0.05, 0) is 31.6 Å². The number of rotatable bonds is 6. The zero-order valence-corrected chi connectivity index (χ0v) is 13.1. The van der Waals surface area contributed by atoms with Crippen LogP contribution in [0.3, 0.4) is 0 Å². The first-order valence-corrected chi connectivity index (χ1v) is 7.70. The van der Waals surface area contributed by atoms with Crippen molar-refractivity contribution < 1.29 is 0 Å². The maximum Gasteiger partial charge on any atom is 0.0547 e. The van der Waals surface area contributed by atoms with E-state index in [2.05, 4.69) is 54.2 Å². The van der Waals surface area contributed by atoms with Crippen LogP contribution < -0.4 is 5.32 Å². The van der Waals surface area contributed by atoms with Crippen molar-refractivity contribution in [2.75, 3.05) is 39.8 Å². The standard InChI is InChI=1S/C16H28N4/c1-14(2)11-17-12-15-5-4-6-16(18-15)13-20-9-7-19(3)8-10-20/h4-6,14,17H,7-13H2,1-3H3. The quantitative estimate of drug-likeness (QED) is 0.855. The lowest BCUT2D eigenvalue weighted by Gasteiger charge is -2.32. The molecule has 20 heavy (non-hydrogen) atoms. The Balaban J connectivity index is 1.82. The summed E-state index contributed by atoms with van der Waals surface area (Å²) in [5.74, 6) is 0.684. The molecular weight excluding hydrogens is 248 g/mol. The number of hydrogen-bond acceptors (Lipinski definition) is 4. The molecule has 112 valence electrons. The summed E-state index contributed by atoms with van der Waals surface area (Å²) in [7, 11) is 2.19. The van der Waals surface area contributed by atoms with Crippen LogP contribution in [-0.2, 0) is 13.1 Å². The second-order valence-electron chi connectivity index (χ2n) is 6.22. The summed E-state index contributed by atoms with van der Waals surface area (Å²) in [4.78, 5) is 9.64. The van der Waals surface area contributed by atoms with Crippen molar-refractivity contribution >= 4 is 0 Å². The van der Waals surface area contributed by atoms with Crippen LogP contribution in [0.5, 0.6) is 0 Å². The SMILES string of the molecule is CC(C)CNCc1cccc(CN2CCN(C)CC2)n1. The molecule has 1 aliphatic rings. The molecule has 0 aromatic carbocycles. The number of pyridine rings is 1. The molecule has 0 aliphatic carbocycles. The summed E-state index contributed by atoms with van der Waals surface area (Å²) in [6.07, 6.45) is 0. The Morgan fingerprint density at radius 3 is 2.55 bits per heavy atom. The minimum absolute atomic E-state index is 0.684. The first-order valence-electron chi connectivity index (χ1n) is 7.70. The molecule has 2 heterocycles. The van der Waals surface area contributed by atoms with Gasteiger partial charge in [0.05, 0.1) is 11.4 Å². The van der Waals surface area contributed by atoms with E-state index >= 15 is 0 Å². The van der Waals surface area contributed by atoms with Crippen molar-refractivity contribution in [3.63, 3.8) is 0 Å². The first kappa shape index (κ1) is 15.4. The molecular formula is C16H28N4. The average molecular weight is 276 g/mol. The van der Waals surface area contributed by atoms with E-state index in [1.807, 2.05) is 0 Å². The molecule has 0 spiro atoms. The molecule has 1 aromatic rings. The van der Waals surface area contributed by atoms with E-state index < -0.39 is 0 Å². The predicted octanol–water partition coefficient (Wildman–Crippen LogP) is 1.57. The monoisotopic (exact) mass is 276 g/mol. The zero-order chi connectivity index (χ0) is 14.4. The van der Waals surface area contributed by atoms with Crippen LogP contribution in [0, 0.1) is 5.92 Å². The van der Waals surface area contributed by atoms with Crippen molar-refractivity contribution in [1.82, 2.24) is 20.1 Å². The van der Waals surface area contributed by atoms with E-state index in [0.717, 1.165) is 51.5 Å². The van der Waals surface area contributed by atoms with E-state index in [-0.39, 0.29) is 0 Å². The van der Waals surface area contributed by atoms with Gasteiger partial charge in [0, 0.05) is 39.3 Å². The Morgan fingerprint density at radius 2 is 1.85 bits per heavy atom. The van der Waals surface area contributed by atoms with Crippen LogP contribution in [0.25, 0.3) is 0 Å². The number of likely N-dealkylation sites (N-methyl/N-ethyl adjacent to an activating group) is 1. The molecule has 1 fully saturated rings.